The molecule has 0 saturated heterocycles. The molecule has 2 aromatic carbocycles. The number of carbonyl (C=O) groups excluding carboxylic acids is 1. The molecule has 0 saturated carbocycles. The van der Waals surface area contributed by atoms with Gasteiger partial charge in [-0.25, -0.2) is 0 Å². The van der Waals surface area contributed by atoms with Crippen LogP contribution in [0.2, 0.25) is 0 Å². The van der Waals surface area contributed by atoms with Crippen LogP contribution in [0.3, 0.4) is 0 Å². The van der Waals surface area contributed by atoms with Crippen LogP contribution in [0.1, 0.15) is 13.3 Å². The number of ether oxygens (including phenoxy) is 1. The highest BCUT2D eigenvalue weighted by atomic mass is 16.5. The Morgan fingerprint density at radius 2 is 1.91 bits per heavy atom. The maximum absolute atomic E-state index is 12.1. The molecule has 0 aromatic heterocycles. The van der Waals surface area contributed by atoms with Crippen LogP contribution < -0.4 is 10.1 Å². The van der Waals surface area contributed by atoms with Gasteiger partial charge in [0.2, 0.25) is 0 Å². The Morgan fingerprint density at radius 3 is 2.68 bits per heavy atom. The molecule has 0 spiro atoms. The molecule has 22 heavy (non-hydrogen) atoms. The lowest BCUT2D eigenvalue weighted by Gasteiger charge is -2.16. The second-order valence-corrected chi connectivity index (χ2v) is 5.69. The Labute approximate surface area is 132 Å². The summed E-state index contributed by atoms with van der Waals surface area (Å²) in [7, 11) is 4.04. The molecule has 1 N–H and O–H groups in total. The summed E-state index contributed by atoms with van der Waals surface area (Å²) in [6, 6.07) is 13.9. The van der Waals surface area contributed by atoms with E-state index >= 15 is 0 Å². The van der Waals surface area contributed by atoms with Crippen LogP contribution in [0, 0.1) is 0 Å². The highest BCUT2D eigenvalue weighted by Crippen LogP contribution is 2.25. The summed E-state index contributed by atoms with van der Waals surface area (Å²) in [6.45, 7) is 3.40. The Hall–Kier alpha value is -2.07. The summed E-state index contributed by atoms with van der Waals surface area (Å²) in [5.41, 5.74) is 0. The first kappa shape index (κ1) is 16.3. The lowest BCUT2D eigenvalue weighted by atomic mass is 10.1. The Bertz CT molecular complexity index is 620. The number of benzene rings is 2. The van der Waals surface area contributed by atoms with E-state index in [2.05, 4.69) is 10.2 Å². The zero-order chi connectivity index (χ0) is 15.9. The average molecular weight is 300 g/mol. The minimum atomic E-state index is -0.509. The molecule has 1 atom stereocenters. The largest absolute Gasteiger partial charge is 0.480 e. The SMILES string of the molecule is C[C@H](Oc1cccc2ccccc12)C(=O)NCCCN(C)C. The van der Waals surface area contributed by atoms with E-state index in [0.29, 0.717) is 6.54 Å². The third kappa shape index (κ3) is 4.46. The molecule has 0 unspecified atom stereocenters. The van der Waals surface area contributed by atoms with Gasteiger partial charge in [-0.15, -0.1) is 0 Å². The van der Waals surface area contributed by atoms with Gasteiger partial charge in [0.15, 0.2) is 6.10 Å². The van der Waals surface area contributed by atoms with Crippen molar-refractivity contribution in [1.29, 1.82) is 0 Å². The quantitative estimate of drug-likeness (QED) is 0.799. The van der Waals surface area contributed by atoms with Crippen molar-refractivity contribution in [2.24, 2.45) is 0 Å². The van der Waals surface area contributed by atoms with Crippen LogP contribution >= 0.6 is 0 Å². The zero-order valence-electron chi connectivity index (χ0n) is 13.5. The van der Waals surface area contributed by atoms with E-state index in [4.69, 9.17) is 4.74 Å². The Kier molecular flexibility index (Phi) is 5.78. The maximum atomic E-state index is 12.1. The number of carbonyl (C=O) groups is 1. The number of fused-ring (bicyclic) bond motifs is 1. The van der Waals surface area contributed by atoms with E-state index in [1.165, 1.54) is 0 Å². The van der Waals surface area contributed by atoms with Gasteiger partial charge in [-0.3, -0.25) is 4.79 Å². The molecule has 118 valence electrons. The fraction of sp³-hybridized carbons (Fsp3) is 0.389. The Balaban J connectivity index is 1.93. The number of amides is 1. The second-order valence-electron chi connectivity index (χ2n) is 5.69. The molecule has 0 radical (unpaired) electrons. The third-order valence-electron chi connectivity index (χ3n) is 3.50. The first-order valence-electron chi connectivity index (χ1n) is 7.65. The van der Waals surface area contributed by atoms with Crippen LogP contribution in [-0.2, 0) is 4.79 Å². The molecule has 0 fully saturated rings. The lowest BCUT2D eigenvalue weighted by Crippen LogP contribution is -2.37. The number of hydrogen-bond acceptors (Lipinski definition) is 3. The molecule has 4 heteroatoms. The van der Waals surface area contributed by atoms with Gasteiger partial charge in [0.25, 0.3) is 5.91 Å². The van der Waals surface area contributed by atoms with Gasteiger partial charge in [0, 0.05) is 11.9 Å². The van der Waals surface area contributed by atoms with E-state index in [-0.39, 0.29) is 5.91 Å². The van der Waals surface area contributed by atoms with Gasteiger partial charge < -0.3 is 15.0 Å². The molecular weight excluding hydrogens is 276 g/mol. The molecule has 2 aromatic rings. The minimum Gasteiger partial charge on any atom is -0.480 e. The van der Waals surface area contributed by atoms with E-state index in [0.717, 1.165) is 29.5 Å². The average Bonchev–Trinajstić information content (AvgIpc) is 2.51. The fourth-order valence-corrected chi connectivity index (χ4v) is 2.29. The Morgan fingerprint density at radius 1 is 1.18 bits per heavy atom. The van der Waals surface area contributed by atoms with Crippen LogP contribution in [-0.4, -0.2) is 44.1 Å². The summed E-state index contributed by atoms with van der Waals surface area (Å²) >= 11 is 0. The van der Waals surface area contributed by atoms with Crippen molar-refractivity contribution in [1.82, 2.24) is 10.2 Å². The predicted molar refractivity (Wildman–Crippen MR) is 90.2 cm³/mol. The monoisotopic (exact) mass is 300 g/mol. The summed E-state index contributed by atoms with van der Waals surface area (Å²) in [5, 5.41) is 5.05. The van der Waals surface area contributed by atoms with Crippen LogP contribution in [0.15, 0.2) is 42.5 Å². The molecule has 4 nitrogen and oxygen atoms in total. The number of rotatable bonds is 7. The van der Waals surface area contributed by atoms with Crippen molar-refractivity contribution in [3.05, 3.63) is 42.5 Å². The highest BCUT2D eigenvalue weighted by molar-refractivity contribution is 5.89. The summed E-state index contributed by atoms with van der Waals surface area (Å²) in [6.07, 6.45) is 0.421. The molecule has 2 rings (SSSR count). The molecule has 0 heterocycles. The second kappa shape index (κ2) is 7.80. The van der Waals surface area contributed by atoms with Gasteiger partial charge in [0.05, 0.1) is 0 Å². The van der Waals surface area contributed by atoms with Crippen LogP contribution in [0.4, 0.5) is 0 Å². The smallest absolute Gasteiger partial charge is 0.260 e. The number of hydrogen-bond donors (Lipinski definition) is 1. The van der Waals surface area contributed by atoms with E-state index in [9.17, 15) is 4.79 Å². The van der Waals surface area contributed by atoms with Gasteiger partial charge in [0.1, 0.15) is 5.75 Å². The van der Waals surface area contributed by atoms with Gasteiger partial charge in [-0.2, -0.15) is 0 Å². The molecule has 0 aliphatic rings. The van der Waals surface area contributed by atoms with Crippen molar-refractivity contribution in [3.63, 3.8) is 0 Å². The van der Waals surface area contributed by atoms with E-state index in [1.54, 1.807) is 6.92 Å². The van der Waals surface area contributed by atoms with Crippen molar-refractivity contribution >= 4 is 16.7 Å². The molecule has 1 amide bonds. The summed E-state index contributed by atoms with van der Waals surface area (Å²) in [4.78, 5) is 14.2. The summed E-state index contributed by atoms with van der Waals surface area (Å²) in [5.74, 6) is 0.667. The maximum Gasteiger partial charge on any atom is 0.260 e. The first-order valence-corrected chi connectivity index (χ1v) is 7.65. The molecule has 0 aliphatic heterocycles. The van der Waals surface area contributed by atoms with Crippen molar-refractivity contribution in [2.75, 3.05) is 27.2 Å². The molecular formula is C18H24N2O2. The number of nitrogens with zero attached hydrogens (tertiary/aromatic N) is 1. The van der Waals surface area contributed by atoms with E-state index < -0.39 is 6.10 Å². The topological polar surface area (TPSA) is 41.6 Å². The zero-order valence-corrected chi connectivity index (χ0v) is 13.5. The first-order chi connectivity index (χ1) is 10.6. The van der Waals surface area contributed by atoms with Crippen molar-refractivity contribution in [3.8, 4) is 5.75 Å². The van der Waals surface area contributed by atoms with Crippen LogP contribution in [0.25, 0.3) is 10.8 Å². The third-order valence-corrected chi connectivity index (χ3v) is 3.50. The van der Waals surface area contributed by atoms with Crippen molar-refractivity contribution in [2.45, 2.75) is 19.4 Å². The number of nitrogens with one attached hydrogen (secondary N) is 1. The van der Waals surface area contributed by atoms with Crippen LogP contribution in [0.5, 0.6) is 5.75 Å². The standard InChI is InChI=1S/C18H24N2O2/c1-14(18(21)19-12-7-13-20(2)3)22-17-11-6-9-15-8-4-5-10-16(15)17/h4-6,8-11,14H,7,12-13H2,1-3H3,(H,19,21)/t14-/m0/s1. The molecule has 0 bridgehead atoms. The van der Waals surface area contributed by atoms with Gasteiger partial charge in [-0.05, 0) is 45.4 Å². The van der Waals surface area contributed by atoms with Crippen molar-refractivity contribution < 1.29 is 9.53 Å². The normalized spacial score (nSPS) is 12.4. The lowest BCUT2D eigenvalue weighted by molar-refractivity contribution is -0.127. The van der Waals surface area contributed by atoms with E-state index in [1.807, 2.05) is 56.6 Å². The van der Waals surface area contributed by atoms with Gasteiger partial charge >= 0.3 is 0 Å². The highest BCUT2D eigenvalue weighted by Gasteiger charge is 2.15. The predicted octanol–water partition coefficient (Wildman–Crippen LogP) is 2.68. The minimum absolute atomic E-state index is 0.0771. The fourth-order valence-electron chi connectivity index (χ4n) is 2.29. The molecule has 0 aliphatic carbocycles. The van der Waals surface area contributed by atoms with Gasteiger partial charge in [-0.1, -0.05) is 36.4 Å². The summed E-state index contributed by atoms with van der Waals surface area (Å²) < 4.78 is 5.85.